The van der Waals surface area contributed by atoms with Crippen LogP contribution in [0.2, 0.25) is 0 Å². The van der Waals surface area contributed by atoms with Crippen molar-refractivity contribution in [1.82, 2.24) is 0 Å². The lowest BCUT2D eigenvalue weighted by atomic mass is 10.1. The van der Waals surface area contributed by atoms with Gasteiger partial charge in [0.05, 0.1) is 13.2 Å². The molecule has 2 fully saturated rings. The first-order chi connectivity index (χ1) is 12.3. The third-order valence-corrected chi connectivity index (χ3v) is 4.87. The molecule has 3 nitrogen and oxygen atoms in total. The van der Waals surface area contributed by atoms with Crippen LogP contribution >= 0.6 is 0 Å². The maximum atomic E-state index is 6.33. The summed E-state index contributed by atoms with van der Waals surface area (Å²) in [6.07, 6.45) is 22.4. The second-order valence-electron chi connectivity index (χ2n) is 7.36. The van der Waals surface area contributed by atoms with Crippen molar-refractivity contribution >= 4 is 0 Å². The van der Waals surface area contributed by atoms with E-state index < -0.39 is 0 Å². The summed E-state index contributed by atoms with van der Waals surface area (Å²) in [6, 6.07) is 0. The van der Waals surface area contributed by atoms with Crippen molar-refractivity contribution in [3.05, 3.63) is 24.3 Å². The van der Waals surface area contributed by atoms with Crippen LogP contribution in [0.15, 0.2) is 24.3 Å². The van der Waals surface area contributed by atoms with Crippen LogP contribution in [0.3, 0.4) is 0 Å². The molecule has 0 N–H and O–H groups in total. The van der Waals surface area contributed by atoms with E-state index in [1.807, 2.05) is 0 Å². The molecule has 2 aliphatic heterocycles. The minimum Gasteiger partial charge on any atom is -0.370 e. The molecule has 2 rings (SSSR count). The zero-order valence-electron chi connectivity index (χ0n) is 16.3. The van der Waals surface area contributed by atoms with Gasteiger partial charge in [-0.05, 0) is 25.7 Å². The molecule has 2 aliphatic rings. The monoisotopic (exact) mass is 350 g/mol. The number of rotatable bonds is 16. The summed E-state index contributed by atoms with van der Waals surface area (Å²) >= 11 is 0. The van der Waals surface area contributed by atoms with Crippen molar-refractivity contribution < 1.29 is 14.2 Å². The highest BCUT2D eigenvalue weighted by molar-refractivity contribution is 5.03. The summed E-state index contributed by atoms with van der Waals surface area (Å²) in [5, 5.41) is 0. The highest BCUT2D eigenvalue weighted by Crippen LogP contribution is 2.26. The van der Waals surface area contributed by atoms with Crippen molar-refractivity contribution in [3.63, 3.8) is 0 Å². The highest BCUT2D eigenvalue weighted by Gasteiger charge is 2.38. The quantitative estimate of drug-likeness (QED) is 0.207. The van der Waals surface area contributed by atoms with Crippen molar-refractivity contribution in [3.8, 4) is 0 Å². The summed E-state index contributed by atoms with van der Waals surface area (Å²) in [6.45, 7) is 6.15. The Morgan fingerprint density at radius 1 is 0.760 bits per heavy atom. The predicted octanol–water partition coefficient (Wildman–Crippen LogP) is 5.59. The van der Waals surface area contributed by atoms with E-state index in [1.54, 1.807) is 0 Å². The summed E-state index contributed by atoms with van der Waals surface area (Å²) in [4.78, 5) is 0. The molecule has 0 saturated carbocycles. The number of unbranched alkanes of at least 4 members (excludes halogenated alkanes) is 8. The van der Waals surface area contributed by atoms with Crippen LogP contribution in [0, 0.1) is 0 Å². The Balaban J connectivity index is 1.71. The zero-order valence-corrected chi connectivity index (χ0v) is 16.3. The van der Waals surface area contributed by atoms with E-state index in [4.69, 9.17) is 14.2 Å². The van der Waals surface area contributed by atoms with Crippen molar-refractivity contribution in [1.29, 1.82) is 0 Å². The lowest BCUT2D eigenvalue weighted by Crippen LogP contribution is -2.27. The molecule has 2 saturated heterocycles. The van der Waals surface area contributed by atoms with Gasteiger partial charge in [-0.1, -0.05) is 76.7 Å². The van der Waals surface area contributed by atoms with E-state index in [0.717, 1.165) is 26.1 Å². The first-order valence-corrected chi connectivity index (χ1v) is 10.6. The molecule has 0 aromatic heterocycles. The van der Waals surface area contributed by atoms with Crippen molar-refractivity contribution in [2.45, 2.75) is 102 Å². The third-order valence-electron chi connectivity index (χ3n) is 4.87. The molecule has 0 aliphatic carbocycles. The van der Waals surface area contributed by atoms with Gasteiger partial charge in [0, 0.05) is 0 Å². The van der Waals surface area contributed by atoms with Crippen molar-refractivity contribution in [2.24, 2.45) is 0 Å². The SMILES string of the molecule is CCCCCCC=CC(OC(C=CCCCCCC)C1CO1)C1CO1. The second-order valence-corrected chi connectivity index (χ2v) is 7.36. The Hall–Kier alpha value is -0.640. The van der Waals surface area contributed by atoms with Crippen LogP contribution in [0.25, 0.3) is 0 Å². The van der Waals surface area contributed by atoms with Gasteiger partial charge >= 0.3 is 0 Å². The minimum atomic E-state index is 0.0742. The van der Waals surface area contributed by atoms with E-state index in [2.05, 4.69) is 38.2 Å². The summed E-state index contributed by atoms with van der Waals surface area (Å²) in [5.74, 6) is 0. The van der Waals surface area contributed by atoms with Gasteiger partial charge in [0.25, 0.3) is 0 Å². The Bertz CT molecular complexity index is 347. The number of hydrogen-bond acceptors (Lipinski definition) is 3. The fourth-order valence-corrected chi connectivity index (χ4v) is 3.02. The zero-order chi connectivity index (χ0) is 17.7. The summed E-state index contributed by atoms with van der Waals surface area (Å²) in [5.41, 5.74) is 0. The summed E-state index contributed by atoms with van der Waals surface area (Å²) < 4.78 is 17.3. The van der Waals surface area contributed by atoms with Crippen LogP contribution in [0.1, 0.15) is 78.1 Å². The minimum absolute atomic E-state index is 0.0742. The van der Waals surface area contributed by atoms with Crippen LogP contribution in [0.5, 0.6) is 0 Å². The largest absolute Gasteiger partial charge is 0.370 e. The molecular weight excluding hydrogens is 312 g/mol. The molecule has 0 aromatic rings. The Morgan fingerprint density at radius 3 is 1.56 bits per heavy atom. The predicted molar refractivity (Wildman–Crippen MR) is 104 cm³/mol. The third kappa shape index (κ3) is 9.58. The molecule has 0 amide bonds. The molecule has 144 valence electrons. The fourth-order valence-electron chi connectivity index (χ4n) is 3.02. The van der Waals surface area contributed by atoms with E-state index in [1.165, 1.54) is 51.4 Å². The molecule has 4 unspecified atom stereocenters. The van der Waals surface area contributed by atoms with E-state index in [9.17, 15) is 0 Å². The number of allylic oxidation sites excluding steroid dienone is 2. The summed E-state index contributed by atoms with van der Waals surface area (Å²) in [7, 11) is 0. The van der Waals surface area contributed by atoms with Gasteiger partial charge in [-0.3, -0.25) is 0 Å². The topological polar surface area (TPSA) is 34.3 Å². The Morgan fingerprint density at radius 2 is 1.20 bits per heavy atom. The first-order valence-electron chi connectivity index (χ1n) is 10.6. The highest BCUT2D eigenvalue weighted by atomic mass is 16.6. The van der Waals surface area contributed by atoms with Crippen LogP contribution in [-0.2, 0) is 14.2 Å². The molecule has 0 bridgehead atoms. The fraction of sp³-hybridized carbons (Fsp3) is 0.818. The van der Waals surface area contributed by atoms with E-state index >= 15 is 0 Å². The maximum absolute atomic E-state index is 6.33. The Kier molecular flexibility index (Phi) is 10.5. The van der Waals surface area contributed by atoms with Gasteiger partial charge in [0.15, 0.2) is 0 Å². The van der Waals surface area contributed by atoms with Gasteiger partial charge in [-0.2, -0.15) is 0 Å². The molecule has 3 heteroatoms. The van der Waals surface area contributed by atoms with Gasteiger partial charge in [0.1, 0.15) is 24.4 Å². The number of hydrogen-bond donors (Lipinski definition) is 0. The molecule has 4 atom stereocenters. The number of ether oxygens (including phenoxy) is 3. The average molecular weight is 351 g/mol. The lowest BCUT2D eigenvalue weighted by molar-refractivity contribution is 0.0113. The van der Waals surface area contributed by atoms with Crippen molar-refractivity contribution in [2.75, 3.05) is 13.2 Å². The molecule has 25 heavy (non-hydrogen) atoms. The van der Waals surface area contributed by atoms with Crippen LogP contribution in [0.4, 0.5) is 0 Å². The molecular formula is C22H38O3. The van der Waals surface area contributed by atoms with Crippen LogP contribution < -0.4 is 0 Å². The molecule has 0 spiro atoms. The number of epoxide rings is 2. The lowest BCUT2D eigenvalue weighted by Gasteiger charge is -2.18. The maximum Gasteiger partial charge on any atom is 0.111 e. The average Bonchev–Trinajstić information content (AvgIpc) is 3.49. The van der Waals surface area contributed by atoms with E-state index in [0.29, 0.717) is 0 Å². The van der Waals surface area contributed by atoms with E-state index in [-0.39, 0.29) is 24.4 Å². The second kappa shape index (κ2) is 12.7. The normalized spacial score (nSPS) is 24.9. The molecule has 2 heterocycles. The molecule has 0 radical (unpaired) electrons. The van der Waals surface area contributed by atoms with Gasteiger partial charge in [-0.15, -0.1) is 0 Å². The van der Waals surface area contributed by atoms with Gasteiger partial charge < -0.3 is 14.2 Å². The van der Waals surface area contributed by atoms with Gasteiger partial charge in [0.2, 0.25) is 0 Å². The van der Waals surface area contributed by atoms with Crippen LogP contribution in [-0.4, -0.2) is 37.6 Å². The molecule has 0 aromatic carbocycles. The standard InChI is InChI=1S/C22H38O3/c1-3-5-7-9-11-13-15-19(21-17-23-21)25-20(22-18-24-22)16-14-12-10-8-6-4-2/h13-16,19-22H,3-12,17-18H2,1-2H3. The van der Waals surface area contributed by atoms with Gasteiger partial charge in [-0.25, -0.2) is 0 Å². The first kappa shape index (κ1) is 20.7. The smallest absolute Gasteiger partial charge is 0.111 e. The Labute approximate surface area is 154 Å².